The molecular formula is C14H15F3IN3O5S. The molecule has 0 radical (unpaired) electrons. The molecule has 0 saturated carbocycles. The molecule has 0 atom stereocenters. The SMILES string of the molecule is Cc1ccc(S(=O)(=O)[O-])cc1.Cn1c(=O)[nH]c(N)c([I+]CC(F)(F)F)c1=O. The first kappa shape index (κ1) is 23.2. The maximum absolute atomic E-state index is 12.0. The highest BCUT2D eigenvalue weighted by molar-refractivity contribution is 7.85. The first-order chi connectivity index (χ1) is 12.2. The summed E-state index contributed by atoms with van der Waals surface area (Å²) in [7, 11) is -3.09. The fourth-order valence-electron chi connectivity index (χ4n) is 1.59. The monoisotopic (exact) mass is 521 g/mol. The topological polar surface area (TPSA) is 138 Å². The molecule has 13 heteroatoms. The molecule has 8 nitrogen and oxygen atoms in total. The number of alkyl halides is 4. The molecule has 1 heterocycles. The molecule has 0 saturated heterocycles. The Balaban J connectivity index is 0.000000289. The van der Waals surface area contributed by atoms with E-state index in [1.165, 1.54) is 19.2 Å². The Morgan fingerprint density at radius 3 is 2.19 bits per heavy atom. The van der Waals surface area contributed by atoms with Crippen molar-refractivity contribution in [2.75, 3.05) is 10.2 Å². The first-order valence-electron chi connectivity index (χ1n) is 6.99. The van der Waals surface area contributed by atoms with Crippen LogP contribution in [0.3, 0.4) is 0 Å². The molecular weight excluding hydrogens is 506 g/mol. The summed E-state index contributed by atoms with van der Waals surface area (Å²) < 4.78 is 66.7. The number of H-pyrrole nitrogens is 1. The van der Waals surface area contributed by atoms with Gasteiger partial charge in [0, 0.05) is 7.05 Å². The zero-order valence-electron chi connectivity index (χ0n) is 14.0. The predicted octanol–water partition coefficient (Wildman–Crippen LogP) is -2.62. The zero-order chi connectivity index (χ0) is 21.0. The van der Waals surface area contributed by atoms with Gasteiger partial charge in [-0.05, 0) is 19.1 Å². The van der Waals surface area contributed by atoms with E-state index in [-0.39, 0.29) is 14.3 Å². The number of aromatic nitrogens is 2. The Morgan fingerprint density at radius 1 is 1.22 bits per heavy atom. The summed E-state index contributed by atoms with van der Waals surface area (Å²) in [6.45, 7) is 1.82. The number of aromatic amines is 1. The lowest BCUT2D eigenvalue weighted by Crippen LogP contribution is -3.64. The summed E-state index contributed by atoms with van der Waals surface area (Å²) in [4.78, 5) is 24.4. The molecule has 27 heavy (non-hydrogen) atoms. The highest BCUT2D eigenvalue weighted by atomic mass is 127. The second-order valence-electron chi connectivity index (χ2n) is 5.17. The number of nitrogens with zero attached hydrogens (tertiary/aromatic N) is 1. The smallest absolute Gasteiger partial charge is 0.432 e. The van der Waals surface area contributed by atoms with Gasteiger partial charge in [0.05, 0.1) is 4.90 Å². The van der Waals surface area contributed by atoms with E-state index in [0.717, 1.165) is 5.56 Å². The van der Waals surface area contributed by atoms with Gasteiger partial charge in [0.25, 0.3) is 3.57 Å². The van der Waals surface area contributed by atoms with Crippen molar-refractivity contribution >= 4 is 15.9 Å². The van der Waals surface area contributed by atoms with E-state index in [0.29, 0.717) is 4.57 Å². The number of benzene rings is 1. The van der Waals surface area contributed by atoms with Gasteiger partial charge in [-0.1, -0.05) is 17.7 Å². The van der Waals surface area contributed by atoms with Crippen LogP contribution in [0.25, 0.3) is 0 Å². The number of nitrogens with one attached hydrogen (secondary N) is 1. The Kier molecular flexibility index (Phi) is 7.62. The van der Waals surface area contributed by atoms with Gasteiger partial charge in [-0.3, -0.25) is 14.3 Å². The second-order valence-corrected chi connectivity index (χ2v) is 9.16. The Hall–Kier alpha value is -1.87. The third-order valence-electron chi connectivity index (χ3n) is 2.94. The quantitative estimate of drug-likeness (QED) is 0.258. The maximum Gasteiger partial charge on any atom is 0.432 e. The number of aryl methyl sites for hydroxylation is 1. The molecule has 0 aliphatic heterocycles. The average molecular weight is 521 g/mol. The average Bonchev–Trinajstić information content (AvgIpc) is 2.52. The van der Waals surface area contributed by atoms with E-state index >= 15 is 0 Å². The molecule has 3 N–H and O–H groups in total. The number of halogens is 4. The van der Waals surface area contributed by atoms with Crippen LogP contribution in [0.2, 0.25) is 0 Å². The van der Waals surface area contributed by atoms with Crippen molar-refractivity contribution in [3.8, 4) is 0 Å². The van der Waals surface area contributed by atoms with Gasteiger partial charge in [0.1, 0.15) is 10.1 Å². The molecule has 1 aromatic carbocycles. The summed E-state index contributed by atoms with van der Waals surface area (Å²) >= 11 is -1.59. The van der Waals surface area contributed by atoms with Gasteiger partial charge >= 0.3 is 38.6 Å². The van der Waals surface area contributed by atoms with Gasteiger partial charge in [-0.2, -0.15) is 13.2 Å². The highest BCUT2D eigenvalue weighted by Crippen LogP contribution is 2.09. The van der Waals surface area contributed by atoms with Crippen LogP contribution in [0.5, 0.6) is 0 Å². The Morgan fingerprint density at radius 2 is 1.74 bits per heavy atom. The van der Waals surface area contributed by atoms with Gasteiger partial charge in [-0.25, -0.2) is 13.2 Å². The van der Waals surface area contributed by atoms with Gasteiger partial charge in [0.2, 0.25) is 4.43 Å². The Bertz CT molecular complexity index is 1010. The molecule has 0 amide bonds. The van der Waals surface area contributed by atoms with E-state index in [1.807, 2.05) is 6.92 Å². The Labute approximate surface area is 162 Å². The van der Waals surface area contributed by atoms with Crippen LogP contribution >= 0.6 is 0 Å². The molecule has 0 aliphatic rings. The number of nitrogen functional groups attached to an aromatic ring is 1. The highest BCUT2D eigenvalue weighted by Gasteiger charge is 2.39. The molecule has 150 valence electrons. The second kappa shape index (κ2) is 8.88. The van der Waals surface area contributed by atoms with Crippen LogP contribution in [0.4, 0.5) is 19.0 Å². The van der Waals surface area contributed by atoms with E-state index in [9.17, 15) is 35.7 Å². The first-order valence-corrected chi connectivity index (χ1v) is 11.0. The van der Waals surface area contributed by atoms with Crippen LogP contribution in [-0.2, 0) is 17.2 Å². The fourth-order valence-corrected chi connectivity index (χ4v) is 4.10. The normalized spacial score (nSPS) is 11.6. The van der Waals surface area contributed by atoms with Gasteiger partial charge in [0.15, 0.2) is 5.82 Å². The largest absolute Gasteiger partial charge is 0.744 e. The van der Waals surface area contributed by atoms with E-state index in [4.69, 9.17) is 5.73 Å². The van der Waals surface area contributed by atoms with Crippen molar-refractivity contribution in [1.82, 2.24) is 9.55 Å². The summed E-state index contributed by atoms with van der Waals surface area (Å²) in [5.74, 6) is -0.259. The van der Waals surface area contributed by atoms with E-state index in [1.54, 1.807) is 12.1 Å². The minimum atomic E-state index is -4.32. The molecule has 0 bridgehead atoms. The van der Waals surface area contributed by atoms with Crippen molar-refractivity contribution < 1.29 is 47.3 Å². The van der Waals surface area contributed by atoms with Crippen LogP contribution in [-0.4, -0.2) is 33.1 Å². The predicted molar refractivity (Wildman–Crippen MR) is 85.5 cm³/mol. The van der Waals surface area contributed by atoms with Crippen molar-refractivity contribution in [2.24, 2.45) is 7.05 Å². The number of hydrogen-bond acceptors (Lipinski definition) is 6. The lowest BCUT2D eigenvalue weighted by molar-refractivity contribution is -0.650. The number of hydrogen-bond donors (Lipinski definition) is 2. The van der Waals surface area contributed by atoms with Crippen LogP contribution < -0.4 is 38.2 Å². The van der Waals surface area contributed by atoms with Crippen LogP contribution in [0.1, 0.15) is 5.56 Å². The third-order valence-corrected chi connectivity index (χ3v) is 6.84. The molecule has 0 unspecified atom stereocenters. The molecule has 2 rings (SSSR count). The molecule has 1 aromatic heterocycles. The zero-order valence-corrected chi connectivity index (χ0v) is 17.0. The summed E-state index contributed by atoms with van der Waals surface area (Å²) in [5, 5.41) is 0. The number of rotatable bonds is 3. The number of nitrogens with two attached hydrogens (primary N) is 1. The van der Waals surface area contributed by atoms with Crippen molar-refractivity contribution in [2.45, 2.75) is 18.0 Å². The number of anilines is 1. The third kappa shape index (κ3) is 7.34. The fraction of sp³-hybridized carbons (Fsp3) is 0.286. The summed E-state index contributed by atoms with van der Waals surface area (Å²) in [5.41, 5.74) is 4.75. The van der Waals surface area contributed by atoms with E-state index < -0.39 is 53.2 Å². The lowest BCUT2D eigenvalue weighted by atomic mass is 10.2. The van der Waals surface area contributed by atoms with E-state index in [2.05, 4.69) is 4.98 Å². The minimum absolute atomic E-state index is 0.113. The van der Waals surface area contributed by atoms with Crippen molar-refractivity contribution in [3.05, 3.63) is 54.2 Å². The molecule has 0 spiro atoms. The van der Waals surface area contributed by atoms with Crippen LogP contribution in [0, 0.1) is 10.5 Å². The molecule has 0 fully saturated rings. The van der Waals surface area contributed by atoms with Crippen LogP contribution in [0.15, 0.2) is 38.8 Å². The van der Waals surface area contributed by atoms with Gasteiger partial charge in [-0.15, -0.1) is 0 Å². The summed E-state index contributed by atoms with van der Waals surface area (Å²) in [6, 6.07) is 5.78. The minimum Gasteiger partial charge on any atom is -0.744 e. The van der Waals surface area contributed by atoms with Crippen molar-refractivity contribution in [3.63, 3.8) is 0 Å². The lowest BCUT2D eigenvalue weighted by Gasteiger charge is -2.05. The summed E-state index contributed by atoms with van der Waals surface area (Å²) in [6.07, 6.45) is -4.32. The van der Waals surface area contributed by atoms with Crippen molar-refractivity contribution in [1.29, 1.82) is 0 Å². The molecule has 2 aromatic rings. The molecule has 0 aliphatic carbocycles. The standard InChI is InChI=1S/C7H7F3IN3O2.C7H8O3S/c1-14-5(15)3(4(12)13-6(14)16)11-2-7(8,9)10;1-6-2-4-7(5-3-6)11(8,9)10/h2H2,1H3,(H2-,12,13,15,16);2-5H,1H3,(H,8,9,10). The van der Waals surface area contributed by atoms with Gasteiger partial charge < -0.3 is 10.3 Å². The maximum atomic E-state index is 12.0.